The van der Waals surface area contributed by atoms with Crippen LogP contribution in [0.25, 0.3) is 0 Å². The average molecular weight is 410 g/mol. The van der Waals surface area contributed by atoms with Crippen LogP contribution in [0.2, 0.25) is 0 Å². The molecule has 2 amide bonds. The van der Waals surface area contributed by atoms with Crippen LogP contribution in [0.3, 0.4) is 0 Å². The third-order valence-electron chi connectivity index (χ3n) is 4.04. The SMILES string of the molecule is CCCCCCCCc1nnc(NC(=O)CNC(=O)c2ccc(F)cc2F)s1. The van der Waals surface area contributed by atoms with E-state index in [2.05, 4.69) is 27.8 Å². The summed E-state index contributed by atoms with van der Waals surface area (Å²) < 4.78 is 26.4. The van der Waals surface area contributed by atoms with Gasteiger partial charge in [0.1, 0.15) is 16.6 Å². The zero-order chi connectivity index (χ0) is 20.4. The number of nitrogens with zero attached hydrogens (tertiary/aromatic N) is 2. The summed E-state index contributed by atoms with van der Waals surface area (Å²) in [6.07, 6.45) is 7.95. The first-order chi connectivity index (χ1) is 13.5. The van der Waals surface area contributed by atoms with E-state index in [1.54, 1.807) is 0 Å². The first kappa shape index (κ1) is 21.9. The molecular formula is C19H24F2N4O2S. The normalized spacial score (nSPS) is 10.7. The topological polar surface area (TPSA) is 84.0 Å². The summed E-state index contributed by atoms with van der Waals surface area (Å²) in [4.78, 5) is 23.8. The summed E-state index contributed by atoms with van der Waals surface area (Å²) in [7, 11) is 0. The summed E-state index contributed by atoms with van der Waals surface area (Å²) in [5.41, 5.74) is -0.327. The Kier molecular flexibility index (Phi) is 8.93. The Morgan fingerprint density at radius 2 is 1.82 bits per heavy atom. The van der Waals surface area contributed by atoms with Crippen LogP contribution in [0.4, 0.5) is 13.9 Å². The van der Waals surface area contributed by atoms with E-state index in [1.165, 1.54) is 37.0 Å². The van der Waals surface area contributed by atoms with E-state index in [0.717, 1.165) is 36.4 Å². The van der Waals surface area contributed by atoms with E-state index in [-0.39, 0.29) is 12.1 Å². The third kappa shape index (κ3) is 7.30. The summed E-state index contributed by atoms with van der Waals surface area (Å²) in [6, 6.07) is 2.61. The quantitative estimate of drug-likeness (QED) is 0.547. The van der Waals surface area contributed by atoms with Crippen molar-refractivity contribution in [1.82, 2.24) is 15.5 Å². The van der Waals surface area contributed by atoms with E-state index in [9.17, 15) is 18.4 Å². The minimum absolute atomic E-state index is 0.327. The molecule has 0 atom stereocenters. The van der Waals surface area contributed by atoms with Gasteiger partial charge in [0.25, 0.3) is 5.91 Å². The minimum atomic E-state index is -0.985. The van der Waals surface area contributed by atoms with Crippen molar-refractivity contribution in [2.24, 2.45) is 0 Å². The smallest absolute Gasteiger partial charge is 0.254 e. The van der Waals surface area contributed by atoms with E-state index >= 15 is 0 Å². The van der Waals surface area contributed by atoms with Gasteiger partial charge in [-0.3, -0.25) is 14.9 Å². The number of halogens is 2. The molecule has 1 heterocycles. The zero-order valence-electron chi connectivity index (χ0n) is 15.8. The number of nitrogens with one attached hydrogen (secondary N) is 2. The molecule has 28 heavy (non-hydrogen) atoms. The average Bonchev–Trinajstić information content (AvgIpc) is 3.10. The fourth-order valence-corrected chi connectivity index (χ4v) is 3.35. The lowest BCUT2D eigenvalue weighted by Gasteiger charge is -2.05. The zero-order valence-corrected chi connectivity index (χ0v) is 16.6. The van der Waals surface area contributed by atoms with Gasteiger partial charge >= 0.3 is 0 Å². The summed E-state index contributed by atoms with van der Waals surface area (Å²) >= 11 is 1.30. The molecule has 0 radical (unpaired) electrons. The molecule has 1 aromatic heterocycles. The second kappa shape index (κ2) is 11.4. The fourth-order valence-electron chi connectivity index (χ4n) is 2.55. The molecule has 0 fully saturated rings. The predicted octanol–water partition coefficient (Wildman–Crippen LogP) is 4.09. The highest BCUT2D eigenvalue weighted by atomic mass is 32.1. The molecule has 2 N–H and O–H groups in total. The van der Waals surface area contributed by atoms with Crippen molar-refractivity contribution in [2.75, 3.05) is 11.9 Å². The lowest BCUT2D eigenvalue weighted by molar-refractivity contribution is -0.115. The molecule has 0 aliphatic carbocycles. The Morgan fingerprint density at radius 3 is 2.57 bits per heavy atom. The highest BCUT2D eigenvalue weighted by Crippen LogP contribution is 2.18. The Labute approximate surface area is 166 Å². The van der Waals surface area contributed by atoms with Crippen molar-refractivity contribution in [1.29, 1.82) is 0 Å². The van der Waals surface area contributed by atoms with Crippen molar-refractivity contribution in [3.63, 3.8) is 0 Å². The maximum Gasteiger partial charge on any atom is 0.254 e. The van der Waals surface area contributed by atoms with Crippen LogP contribution < -0.4 is 10.6 Å². The summed E-state index contributed by atoms with van der Waals surface area (Å²) in [5.74, 6) is -3.06. The largest absolute Gasteiger partial charge is 0.343 e. The highest BCUT2D eigenvalue weighted by molar-refractivity contribution is 7.15. The van der Waals surface area contributed by atoms with Crippen molar-refractivity contribution in [3.8, 4) is 0 Å². The highest BCUT2D eigenvalue weighted by Gasteiger charge is 2.14. The van der Waals surface area contributed by atoms with E-state index < -0.39 is 23.4 Å². The second-order valence-electron chi connectivity index (χ2n) is 6.37. The Balaban J connectivity index is 1.71. The van der Waals surface area contributed by atoms with Crippen LogP contribution in [0.15, 0.2) is 18.2 Å². The number of amides is 2. The molecule has 9 heteroatoms. The summed E-state index contributed by atoms with van der Waals surface area (Å²) in [6.45, 7) is 1.82. The van der Waals surface area contributed by atoms with Gasteiger partial charge in [-0.15, -0.1) is 10.2 Å². The van der Waals surface area contributed by atoms with Crippen molar-refractivity contribution < 1.29 is 18.4 Å². The van der Waals surface area contributed by atoms with Gasteiger partial charge in [-0.25, -0.2) is 8.78 Å². The van der Waals surface area contributed by atoms with Gasteiger partial charge in [-0.2, -0.15) is 0 Å². The van der Waals surface area contributed by atoms with Gasteiger partial charge in [0, 0.05) is 12.5 Å². The van der Waals surface area contributed by atoms with Crippen molar-refractivity contribution >= 4 is 28.3 Å². The molecule has 0 aliphatic heterocycles. The van der Waals surface area contributed by atoms with Crippen molar-refractivity contribution in [2.45, 2.75) is 51.9 Å². The molecule has 0 saturated heterocycles. The van der Waals surface area contributed by atoms with Crippen molar-refractivity contribution in [3.05, 3.63) is 40.4 Å². The van der Waals surface area contributed by atoms with Crippen LogP contribution in [0, 0.1) is 11.6 Å². The molecule has 0 aliphatic rings. The van der Waals surface area contributed by atoms with E-state index in [4.69, 9.17) is 0 Å². The van der Waals surface area contributed by atoms with Gasteiger partial charge < -0.3 is 5.32 Å². The van der Waals surface area contributed by atoms with Crippen LogP contribution in [0.5, 0.6) is 0 Å². The molecule has 1 aromatic carbocycles. The Bertz CT molecular complexity index is 798. The minimum Gasteiger partial charge on any atom is -0.343 e. The van der Waals surface area contributed by atoms with Gasteiger partial charge in [-0.05, 0) is 18.6 Å². The number of anilines is 1. The number of unbranched alkanes of at least 4 members (excludes halogenated alkanes) is 5. The van der Waals surface area contributed by atoms with Gasteiger partial charge in [0.05, 0.1) is 12.1 Å². The summed E-state index contributed by atoms with van der Waals surface area (Å²) in [5, 5.41) is 14.0. The first-order valence-electron chi connectivity index (χ1n) is 9.35. The Hall–Kier alpha value is -2.42. The number of hydrogen-bond acceptors (Lipinski definition) is 5. The maximum absolute atomic E-state index is 13.5. The second-order valence-corrected chi connectivity index (χ2v) is 7.44. The maximum atomic E-state index is 13.5. The lowest BCUT2D eigenvalue weighted by Crippen LogP contribution is -2.33. The van der Waals surface area contributed by atoms with E-state index in [1.807, 2.05) is 0 Å². The standard InChI is InChI=1S/C19H24F2N4O2S/c1-2-3-4-5-6-7-8-17-24-25-19(28-17)23-16(26)12-22-18(27)14-10-9-13(20)11-15(14)21/h9-11H,2-8,12H2,1H3,(H,22,27)(H,23,25,26). The number of benzene rings is 1. The number of carbonyl (C=O) groups excluding carboxylic acids is 2. The van der Waals surface area contributed by atoms with Crippen LogP contribution >= 0.6 is 11.3 Å². The third-order valence-corrected chi connectivity index (χ3v) is 4.94. The first-order valence-corrected chi connectivity index (χ1v) is 10.2. The monoisotopic (exact) mass is 410 g/mol. The number of aromatic nitrogens is 2. The van der Waals surface area contributed by atoms with Gasteiger partial charge in [0.2, 0.25) is 11.0 Å². The van der Waals surface area contributed by atoms with E-state index in [0.29, 0.717) is 11.2 Å². The number of aryl methyl sites for hydroxylation is 1. The fraction of sp³-hybridized carbons (Fsp3) is 0.474. The van der Waals surface area contributed by atoms with Crippen LogP contribution in [-0.4, -0.2) is 28.6 Å². The molecule has 152 valence electrons. The molecule has 0 bridgehead atoms. The van der Waals surface area contributed by atoms with Crippen LogP contribution in [-0.2, 0) is 11.2 Å². The molecule has 0 spiro atoms. The molecular weight excluding hydrogens is 386 g/mol. The van der Waals surface area contributed by atoms with Crippen LogP contribution in [0.1, 0.15) is 60.8 Å². The number of carbonyl (C=O) groups is 2. The molecule has 0 saturated carbocycles. The molecule has 2 rings (SSSR count). The number of rotatable bonds is 11. The van der Waals surface area contributed by atoms with Gasteiger partial charge in [-0.1, -0.05) is 50.4 Å². The molecule has 6 nitrogen and oxygen atoms in total. The predicted molar refractivity (Wildman–Crippen MR) is 104 cm³/mol. The number of hydrogen-bond donors (Lipinski definition) is 2. The van der Waals surface area contributed by atoms with Gasteiger partial charge in [0.15, 0.2) is 0 Å². The molecule has 0 unspecified atom stereocenters. The lowest BCUT2D eigenvalue weighted by atomic mass is 10.1. The molecule has 2 aromatic rings. The Morgan fingerprint density at radius 1 is 1.07 bits per heavy atom.